The molecule has 0 atom stereocenters. The molecule has 10 heteroatoms. The number of pyridine rings is 1. The lowest BCUT2D eigenvalue weighted by molar-refractivity contribution is -0.154. The van der Waals surface area contributed by atoms with Crippen LogP contribution in [0, 0.1) is 6.92 Å². The summed E-state index contributed by atoms with van der Waals surface area (Å²) in [4.78, 5) is 28.2. The Kier molecular flexibility index (Phi) is 5.53. The number of aromatic nitrogens is 1. The molecule has 2 rings (SSSR count). The first-order chi connectivity index (χ1) is 12.1. The zero-order chi connectivity index (χ0) is 19.5. The van der Waals surface area contributed by atoms with Crippen LogP contribution in [0.5, 0.6) is 5.88 Å². The molecule has 0 aromatic carbocycles. The Morgan fingerprint density at radius 3 is 2.62 bits per heavy atom. The first kappa shape index (κ1) is 19.3. The van der Waals surface area contributed by atoms with Gasteiger partial charge in [0.05, 0.1) is 6.54 Å². The largest absolute Gasteiger partial charge is 0.478 e. The van der Waals surface area contributed by atoms with Crippen LogP contribution in [-0.2, 0) is 6.54 Å². The summed E-state index contributed by atoms with van der Waals surface area (Å²) in [5.41, 5.74) is 0.0639. The van der Waals surface area contributed by atoms with E-state index in [9.17, 15) is 22.8 Å². The number of alkyl halides is 3. The lowest BCUT2D eigenvalue weighted by Gasteiger charge is -2.16. The molecule has 0 saturated heterocycles. The topological polar surface area (TPSA) is 92.9 Å². The zero-order valence-electron chi connectivity index (χ0n) is 13.8. The second-order valence-electron chi connectivity index (χ2n) is 5.44. The van der Waals surface area contributed by atoms with Gasteiger partial charge in [0.2, 0.25) is 5.88 Å². The Balaban J connectivity index is 2.08. The predicted octanol–water partition coefficient (Wildman–Crippen LogP) is 2.89. The van der Waals surface area contributed by atoms with Crippen molar-refractivity contribution in [1.82, 2.24) is 9.88 Å². The smallest absolute Gasteiger partial charge is 0.422 e. The monoisotopic (exact) mass is 372 g/mol. The number of nitrogens with zero attached hydrogens (tertiary/aromatic N) is 2. The SMILES string of the molecule is Cc1oc(CN(C)C(=O)c2ccnc(OCC(F)(F)F)c2)cc1C(=O)O. The van der Waals surface area contributed by atoms with Gasteiger partial charge in [-0.1, -0.05) is 0 Å². The fraction of sp³-hybridized carbons (Fsp3) is 0.312. The number of hydrogen-bond acceptors (Lipinski definition) is 5. The Bertz CT molecular complexity index is 816. The first-order valence-corrected chi connectivity index (χ1v) is 7.30. The van der Waals surface area contributed by atoms with Gasteiger partial charge >= 0.3 is 12.1 Å². The van der Waals surface area contributed by atoms with Crippen molar-refractivity contribution in [3.8, 4) is 5.88 Å². The summed E-state index contributed by atoms with van der Waals surface area (Å²) in [5, 5.41) is 9.00. The van der Waals surface area contributed by atoms with Gasteiger partial charge in [-0.15, -0.1) is 0 Å². The zero-order valence-corrected chi connectivity index (χ0v) is 13.8. The van der Waals surface area contributed by atoms with Crippen LogP contribution in [-0.4, -0.2) is 46.7 Å². The minimum atomic E-state index is -4.52. The van der Waals surface area contributed by atoms with Gasteiger partial charge in [-0.3, -0.25) is 4.79 Å². The molecule has 0 aliphatic carbocycles. The number of furan rings is 1. The number of rotatable bonds is 6. The molecule has 140 valence electrons. The molecule has 7 nitrogen and oxygen atoms in total. The van der Waals surface area contributed by atoms with Gasteiger partial charge in [-0.05, 0) is 19.1 Å². The van der Waals surface area contributed by atoms with E-state index in [-0.39, 0.29) is 35.1 Å². The summed E-state index contributed by atoms with van der Waals surface area (Å²) in [6.07, 6.45) is -3.36. The molecule has 0 saturated carbocycles. The highest BCUT2D eigenvalue weighted by Crippen LogP contribution is 2.19. The van der Waals surface area contributed by atoms with E-state index in [1.54, 1.807) is 0 Å². The van der Waals surface area contributed by atoms with Gasteiger partial charge in [0.15, 0.2) is 6.61 Å². The van der Waals surface area contributed by atoms with Crippen LogP contribution in [0.25, 0.3) is 0 Å². The van der Waals surface area contributed by atoms with Crippen molar-refractivity contribution in [3.63, 3.8) is 0 Å². The quantitative estimate of drug-likeness (QED) is 0.838. The average molecular weight is 372 g/mol. The Morgan fingerprint density at radius 1 is 1.35 bits per heavy atom. The van der Waals surface area contributed by atoms with E-state index in [0.717, 1.165) is 12.3 Å². The number of ether oxygens (including phenoxy) is 1. The fourth-order valence-corrected chi connectivity index (χ4v) is 2.14. The van der Waals surface area contributed by atoms with Gasteiger partial charge in [0.25, 0.3) is 5.91 Å². The summed E-state index contributed by atoms with van der Waals surface area (Å²) < 4.78 is 46.4. The number of carbonyl (C=O) groups is 2. The van der Waals surface area contributed by atoms with Crippen molar-refractivity contribution in [1.29, 1.82) is 0 Å². The van der Waals surface area contributed by atoms with Crippen molar-refractivity contribution in [2.75, 3.05) is 13.7 Å². The number of hydrogen-bond donors (Lipinski definition) is 1. The van der Waals surface area contributed by atoms with Crippen molar-refractivity contribution < 1.29 is 37.0 Å². The molecule has 0 radical (unpaired) electrons. The number of aryl methyl sites for hydroxylation is 1. The summed E-state index contributed by atoms with van der Waals surface area (Å²) in [7, 11) is 1.44. The Hall–Kier alpha value is -3.04. The van der Waals surface area contributed by atoms with Gasteiger partial charge < -0.3 is 19.2 Å². The molecule has 2 aromatic rings. The lowest BCUT2D eigenvalue weighted by atomic mass is 10.2. The highest BCUT2D eigenvalue weighted by Gasteiger charge is 2.29. The number of aromatic carboxylic acids is 1. The molecular weight excluding hydrogens is 357 g/mol. The molecule has 1 N–H and O–H groups in total. The predicted molar refractivity (Wildman–Crippen MR) is 82.0 cm³/mol. The highest BCUT2D eigenvalue weighted by atomic mass is 19.4. The highest BCUT2D eigenvalue weighted by molar-refractivity contribution is 5.94. The summed E-state index contributed by atoms with van der Waals surface area (Å²) >= 11 is 0. The fourth-order valence-electron chi connectivity index (χ4n) is 2.14. The maximum Gasteiger partial charge on any atom is 0.422 e. The Labute approximate surface area is 146 Å². The maximum atomic E-state index is 12.4. The van der Waals surface area contributed by atoms with Crippen LogP contribution in [0.3, 0.4) is 0 Å². The standard InChI is InChI=1S/C16H15F3N2O5/c1-9-12(15(23)24)6-11(26-9)7-21(2)14(22)10-3-4-20-13(5-10)25-8-16(17,18)19/h3-6H,7-8H2,1-2H3,(H,23,24). The molecule has 2 aromatic heterocycles. The number of carboxylic acid groups (broad SMARTS) is 1. The van der Waals surface area contributed by atoms with Crippen LogP contribution in [0.4, 0.5) is 13.2 Å². The van der Waals surface area contributed by atoms with Gasteiger partial charge in [-0.2, -0.15) is 13.2 Å². The molecule has 1 amide bonds. The lowest BCUT2D eigenvalue weighted by Crippen LogP contribution is -2.26. The van der Waals surface area contributed by atoms with Crippen molar-refractivity contribution in [2.45, 2.75) is 19.6 Å². The summed E-state index contributed by atoms with van der Waals surface area (Å²) in [6, 6.07) is 3.74. The van der Waals surface area contributed by atoms with Crippen LogP contribution < -0.4 is 4.74 Å². The summed E-state index contributed by atoms with van der Waals surface area (Å²) in [6.45, 7) is -0.0486. The van der Waals surface area contributed by atoms with Gasteiger partial charge in [0, 0.05) is 24.9 Å². The van der Waals surface area contributed by atoms with E-state index in [2.05, 4.69) is 9.72 Å². The van der Waals surface area contributed by atoms with Crippen molar-refractivity contribution in [3.05, 3.63) is 47.0 Å². The normalized spacial score (nSPS) is 11.3. The van der Waals surface area contributed by atoms with Gasteiger partial charge in [-0.25, -0.2) is 9.78 Å². The molecule has 26 heavy (non-hydrogen) atoms. The van der Waals surface area contributed by atoms with Crippen LogP contribution in [0.15, 0.2) is 28.8 Å². The number of halogens is 3. The summed E-state index contributed by atoms with van der Waals surface area (Å²) in [5.74, 6) is -1.52. The molecule has 0 bridgehead atoms. The molecular formula is C16H15F3N2O5. The first-order valence-electron chi connectivity index (χ1n) is 7.30. The van der Waals surface area contributed by atoms with E-state index < -0.39 is 24.7 Å². The molecule has 0 aliphatic heterocycles. The van der Waals surface area contributed by atoms with Crippen molar-refractivity contribution in [2.24, 2.45) is 0 Å². The second kappa shape index (κ2) is 7.46. The van der Waals surface area contributed by atoms with Crippen LogP contribution in [0.2, 0.25) is 0 Å². The molecule has 0 spiro atoms. The molecule has 0 aliphatic rings. The van der Waals surface area contributed by atoms with E-state index in [0.29, 0.717) is 0 Å². The second-order valence-corrected chi connectivity index (χ2v) is 5.44. The van der Waals surface area contributed by atoms with Crippen LogP contribution in [0.1, 0.15) is 32.2 Å². The van der Waals surface area contributed by atoms with Crippen molar-refractivity contribution >= 4 is 11.9 Å². The third kappa shape index (κ3) is 4.98. The van der Waals surface area contributed by atoms with E-state index in [1.165, 1.54) is 31.0 Å². The maximum absolute atomic E-state index is 12.4. The van der Waals surface area contributed by atoms with E-state index in [1.807, 2.05) is 0 Å². The molecule has 0 fully saturated rings. The Morgan fingerprint density at radius 2 is 2.04 bits per heavy atom. The molecule has 0 unspecified atom stereocenters. The third-order valence-electron chi connectivity index (χ3n) is 3.30. The number of amides is 1. The van der Waals surface area contributed by atoms with E-state index in [4.69, 9.17) is 9.52 Å². The molecule has 2 heterocycles. The van der Waals surface area contributed by atoms with E-state index >= 15 is 0 Å². The minimum Gasteiger partial charge on any atom is -0.478 e. The minimum absolute atomic E-state index is 0.00685. The van der Waals surface area contributed by atoms with Gasteiger partial charge in [0.1, 0.15) is 17.1 Å². The number of carbonyl (C=O) groups excluding carboxylic acids is 1. The number of carboxylic acids is 1. The van der Waals surface area contributed by atoms with Crippen LogP contribution >= 0.6 is 0 Å². The average Bonchev–Trinajstić information content (AvgIpc) is 2.92. The third-order valence-corrected chi connectivity index (χ3v) is 3.30.